The molecular weight excluding hydrogens is 492 g/mol. The number of anilines is 1. The topological polar surface area (TPSA) is 105 Å². The number of amides is 2. The summed E-state index contributed by atoms with van der Waals surface area (Å²) >= 11 is 9.87. The van der Waals surface area contributed by atoms with Crippen LogP contribution in [0.5, 0.6) is 0 Å². The number of nitro benzene ring substituents is 1. The van der Waals surface area contributed by atoms with Crippen LogP contribution < -0.4 is 10.9 Å². The molecule has 2 aromatic carbocycles. The Labute approximate surface area is 190 Å². The van der Waals surface area contributed by atoms with Crippen LogP contribution in [0.25, 0.3) is 6.08 Å². The number of thiocarbonyl (C=S) groups is 1. The Bertz CT molecular complexity index is 1040. The Morgan fingerprint density at radius 1 is 1.27 bits per heavy atom. The lowest BCUT2D eigenvalue weighted by Crippen LogP contribution is -2.35. The van der Waals surface area contributed by atoms with Crippen molar-refractivity contribution < 1.29 is 14.5 Å². The molecule has 2 amide bonds. The highest BCUT2D eigenvalue weighted by atomic mass is 79.9. The molecule has 0 bridgehead atoms. The van der Waals surface area contributed by atoms with Crippen LogP contribution in [0.2, 0.25) is 0 Å². The second-order valence-corrected chi connectivity index (χ2v) is 8.71. The van der Waals surface area contributed by atoms with E-state index in [1.165, 1.54) is 40.9 Å². The summed E-state index contributed by atoms with van der Waals surface area (Å²) in [5, 5.41) is 10.6. The molecule has 3 rings (SSSR count). The van der Waals surface area contributed by atoms with Crippen molar-refractivity contribution in [3.63, 3.8) is 0 Å². The number of carbonyl (C=O) groups is 2. The zero-order valence-electron chi connectivity index (χ0n) is 15.3. The van der Waals surface area contributed by atoms with Crippen LogP contribution in [-0.2, 0) is 9.59 Å². The van der Waals surface area contributed by atoms with Crippen molar-refractivity contribution >= 4 is 73.5 Å². The summed E-state index contributed by atoms with van der Waals surface area (Å²) in [5.41, 5.74) is 6.49. The fraction of sp³-hybridized carbons (Fsp3) is 0.105. The van der Waals surface area contributed by atoms with Gasteiger partial charge in [0.1, 0.15) is 4.32 Å². The van der Waals surface area contributed by atoms with Gasteiger partial charge in [-0.2, -0.15) is 0 Å². The summed E-state index contributed by atoms with van der Waals surface area (Å²) in [6.07, 6.45) is 1.80. The zero-order valence-corrected chi connectivity index (χ0v) is 18.6. The minimum Gasteiger partial charge on any atom is -0.299 e. The van der Waals surface area contributed by atoms with Gasteiger partial charge in [0.15, 0.2) is 0 Å². The van der Waals surface area contributed by atoms with Gasteiger partial charge in [0.2, 0.25) is 5.91 Å². The molecule has 11 heteroatoms. The lowest BCUT2D eigenvalue weighted by molar-refractivity contribution is -0.384. The molecular formula is C19H15BrN4O4S2. The van der Waals surface area contributed by atoms with Crippen LogP contribution in [0.1, 0.15) is 12.0 Å². The maximum absolute atomic E-state index is 12.6. The molecule has 0 radical (unpaired) electrons. The Kier molecular flexibility index (Phi) is 7.19. The largest absolute Gasteiger partial charge is 0.299 e. The van der Waals surface area contributed by atoms with Crippen LogP contribution >= 0.6 is 39.9 Å². The predicted molar refractivity (Wildman–Crippen MR) is 123 cm³/mol. The van der Waals surface area contributed by atoms with E-state index in [0.717, 1.165) is 10.0 Å². The third-order valence-corrected chi connectivity index (χ3v) is 5.88. The first-order valence-corrected chi connectivity index (χ1v) is 10.7. The number of hydrogen-bond acceptors (Lipinski definition) is 7. The van der Waals surface area contributed by atoms with E-state index in [2.05, 4.69) is 26.8 Å². The lowest BCUT2D eigenvalue weighted by Gasteiger charge is -2.14. The highest BCUT2D eigenvalue weighted by molar-refractivity contribution is 9.10. The van der Waals surface area contributed by atoms with E-state index in [9.17, 15) is 19.7 Å². The molecule has 2 N–H and O–H groups in total. The number of nitrogens with one attached hydrogen (secondary N) is 2. The first-order chi connectivity index (χ1) is 14.3. The van der Waals surface area contributed by atoms with E-state index >= 15 is 0 Å². The number of hydrazine groups is 1. The third-order valence-electron chi connectivity index (χ3n) is 4.01. The first kappa shape index (κ1) is 21.9. The standard InChI is InChI=1S/C19H15BrN4O4S2/c20-13-3-1-2-12(10-13)11-16-18(26)23(19(29)30-16)9-8-17(25)22-21-14-4-6-15(7-5-14)24(27)28/h1-7,10-11,21H,8-9H2,(H,22,25)/b16-11-. The summed E-state index contributed by atoms with van der Waals surface area (Å²) in [6.45, 7) is 0.147. The van der Waals surface area contributed by atoms with E-state index < -0.39 is 4.92 Å². The summed E-state index contributed by atoms with van der Waals surface area (Å²) in [6, 6.07) is 13.2. The summed E-state index contributed by atoms with van der Waals surface area (Å²) in [7, 11) is 0. The van der Waals surface area contributed by atoms with E-state index in [0.29, 0.717) is 14.9 Å². The Morgan fingerprint density at radius 3 is 2.67 bits per heavy atom. The Morgan fingerprint density at radius 2 is 2.00 bits per heavy atom. The average Bonchev–Trinajstić information content (AvgIpc) is 2.97. The van der Waals surface area contributed by atoms with Crippen molar-refractivity contribution in [3.8, 4) is 0 Å². The number of non-ortho nitro benzene ring substituents is 1. The molecule has 0 atom stereocenters. The van der Waals surface area contributed by atoms with E-state index in [1.807, 2.05) is 24.3 Å². The van der Waals surface area contributed by atoms with Crippen LogP contribution in [0.15, 0.2) is 57.9 Å². The first-order valence-electron chi connectivity index (χ1n) is 8.64. The highest BCUT2D eigenvalue weighted by Crippen LogP contribution is 2.32. The molecule has 0 saturated carbocycles. The number of rotatable bonds is 7. The van der Waals surface area contributed by atoms with Crippen molar-refractivity contribution in [1.82, 2.24) is 10.3 Å². The number of hydrogen-bond donors (Lipinski definition) is 2. The van der Waals surface area contributed by atoms with Crippen LogP contribution in [0, 0.1) is 10.1 Å². The quantitative estimate of drug-likeness (QED) is 0.252. The Balaban J connectivity index is 1.52. The van der Waals surface area contributed by atoms with Gasteiger partial charge in [0, 0.05) is 29.6 Å². The molecule has 1 heterocycles. The normalized spacial score (nSPS) is 14.8. The van der Waals surface area contributed by atoms with E-state index in [4.69, 9.17) is 12.2 Å². The average molecular weight is 507 g/mol. The second-order valence-electron chi connectivity index (χ2n) is 6.12. The molecule has 1 fully saturated rings. The summed E-state index contributed by atoms with van der Waals surface area (Å²) in [5.74, 6) is -0.584. The van der Waals surface area contributed by atoms with Gasteiger partial charge in [0.05, 0.1) is 15.5 Å². The van der Waals surface area contributed by atoms with Gasteiger partial charge in [0.25, 0.3) is 11.6 Å². The van der Waals surface area contributed by atoms with E-state index in [1.54, 1.807) is 6.08 Å². The van der Waals surface area contributed by atoms with Crippen molar-refractivity contribution in [3.05, 3.63) is 73.6 Å². The van der Waals surface area contributed by atoms with Crippen LogP contribution in [0.4, 0.5) is 11.4 Å². The predicted octanol–water partition coefficient (Wildman–Crippen LogP) is 4.09. The molecule has 1 aliphatic rings. The molecule has 1 saturated heterocycles. The number of benzene rings is 2. The van der Waals surface area contributed by atoms with Crippen molar-refractivity contribution in [1.29, 1.82) is 0 Å². The SMILES string of the molecule is O=C(CCN1C(=O)/C(=C/c2cccc(Br)c2)SC1=S)NNc1ccc([N+](=O)[O-])cc1. The minimum absolute atomic E-state index is 0.0383. The molecule has 154 valence electrons. The maximum Gasteiger partial charge on any atom is 0.269 e. The summed E-state index contributed by atoms with van der Waals surface area (Å²) in [4.78, 5) is 36.7. The molecule has 2 aromatic rings. The van der Waals surface area contributed by atoms with Gasteiger partial charge in [-0.3, -0.25) is 35.5 Å². The lowest BCUT2D eigenvalue weighted by atomic mass is 10.2. The molecule has 0 unspecified atom stereocenters. The van der Waals surface area contributed by atoms with Gasteiger partial charge < -0.3 is 0 Å². The molecule has 0 spiro atoms. The monoisotopic (exact) mass is 506 g/mol. The number of halogens is 1. The number of carbonyl (C=O) groups excluding carboxylic acids is 2. The number of nitrogens with zero attached hydrogens (tertiary/aromatic N) is 2. The van der Waals surface area contributed by atoms with Gasteiger partial charge in [-0.25, -0.2) is 0 Å². The van der Waals surface area contributed by atoms with E-state index in [-0.39, 0.29) is 30.5 Å². The van der Waals surface area contributed by atoms with Gasteiger partial charge in [-0.1, -0.05) is 52.0 Å². The second kappa shape index (κ2) is 9.83. The van der Waals surface area contributed by atoms with Crippen molar-refractivity contribution in [2.24, 2.45) is 0 Å². The van der Waals surface area contributed by atoms with Crippen molar-refractivity contribution in [2.45, 2.75) is 6.42 Å². The highest BCUT2D eigenvalue weighted by Gasteiger charge is 2.32. The maximum atomic E-state index is 12.6. The molecule has 30 heavy (non-hydrogen) atoms. The van der Waals surface area contributed by atoms with Crippen molar-refractivity contribution in [2.75, 3.05) is 12.0 Å². The molecule has 0 aromatic heterocycles. The molecule has 1 aliphatic heterocycles. The van der Waals surface area contributed by atoms with Gasteiger partial charge in [-0.15, -0.1) is 0 Å². The minimum atomic E-state index is -0.504. The molecule has 0 aliphatic carbocycles. The van der Waals surface area contributed by atoms with Crippen LogP contribution in [0.3, 0.4) is 0 Å². The van der Waals surface area contributed by atoms with Gasteiger partial charge >= 0.3 is 0 Å². The number of thioether (sulfide) groups is 1. The summed E-state index contributed by atoms with van der Waals surface area (Å²) < 4.78 is 1.31. The fourth-order valence-corrected chi connectivity index (χ4v) is 4.25. The smallest absolute Gasteiger partial charge is 0.269 e. The third kappa shape index (κ3) is 5.65. The van der Waals surface area contributed by atoms with Crippen LogP contribution in [-0.4, -0.2) is 32.5 Å². The Hall–Kier alpha value is -2.76. The fourth-order valence-electron chi connectivity index (χ4n) is 2.52. The number of nitro groups is 1. The molecule has 8 nitrogen and oxygen atoms in total. The van der Waals surface area contributed by atoms with Gasteiger partial charge in [-0.05, 0) is 35.9 Å². The zero-order chi connectivity index (χ0) is 21.7.